The van der Waals surface area contributed by atoms with Crippen LogP contribution < -0.4 is 9.47 Å². The molecule has 0 heterocycles. The number of hydrogen-bond donors (Lipinski definition) is 0. The summed E-state index contributed by atoms with van der Waals surface area (Å²) in [5, 5.41) is 0. The van der Waals surface area contributed by atoms with Crippen molar-refractivity contribution in [3.63, 3.8) is 0 Å². The molecule has 0 amide bonds. The first-order valence-electron chi connectivity index (χ1n) is 5.91. The molecule has 2 aromatic carbocycles. The van der Waals surface area contributed by atoms with Crippen molar-refractivity contribution in [1.29, 1.82) is 0 Å². The molecule has 0 unspecified atom stereocenters. The van der Waals surface area contributed by atoms with Gasteiger partial charge in [-0.05, 0) is 24.3 Å². The molecule has 0 saturated carbocycles. The Bertz CT molecular complexity index is 632. The van der Waals surface area contributed by atoms with Crippen LogP contribution in [0.2, 0.25) is 0 Å². The number of carbonyl (C=O) groups is 2. The molecule has 4 heteroatoms. The maximum Gasteiger partial charge on any atom is 0.343 e. The van der Waals surface area contributed by atoms with Gasteiger partial charge in [0.1, 0.15) is 0 Å². The van der Waals surface area contributed by atoms with Gasteiger partial charge in [0, 0.05) is 6.08 Å². The molecule has 0 aromatic heterocycles. The van der Waals surface area contributed by atoms with Gasteiger partial charge in [-0.25, -0.2) is 9.59 Å². The summed E-state index contributed by atoms with van der Waals surface area (Å²) in [6.07, 6.45) is 1.04. The largest absolute Gasteiger partial charge is 0.419 e. The molecule has 2 rings (SSSR count). The SMILES string of the molecule is C=CC(=O)Oc1ccccc1OC(=O)c1ccccc1. The maximum absolute atomic E-state index is 11.9. The molecule has 0 aliphatic heterocycles. The summed E-state index contributed by atoms with van der Waals surface area (Å²) < 4.78 is 10.2. The summed E-state index contributed by atoms with van der Waals surface area (Å²) in [6.45, 7) is 3.31. The van der Waals surface area contributed by atoms with E-state index >= 15 is 0 Å². The number of benzene rings is 2. The Labute approximate surface area is 116 Å². The van der Waals surface area contributed by atoms with Gasteiger partial charge in [-0.3, -0.25) is 0 Å². The average molecular weight is 268 g/mol. The number of ether oxygens (including phenoxy) is 2. The highest BCUT2D eigenvalue weighted by Crippen LogP contribution is 2.27. The second-order valence-electron chi connectivity index (χ2n) is 3.83. The number of para-hydroxylation sites is 2. The van der Waals surface area contributed by atoms with Crippen molar-refractivity contribution >= 4 is 11.9 Å². The molecule has 2 aromatic rings. The van der Waals surface area contributed by atoms with E-state index in [1.165, 1.54) is 6.07 Å². The van der Waals surface area contributed by atoms with Crippen LogP contribution in [0.4, 0.5) is 0 Å². The fourth-order valence-corrected chi connectivity index (χ4v) is 1.50. The first-order valence-corrected chi connectivity index (χ1v) is 5.91. The minimum Gasteiger partial charge on any atom is -0.419 e. The van der Waals surface area contributed by atoms with Gasteiger partial charge in [-0.1, -0.05) is 36.9 Å². The zero-order valence-electron chi connectivity index (χ0n) is 10.6. The lowest BCUT2D eigenvalue weighted by molar-refractivity contribution is -0.129. The van der Waals surface area contributed by atoms with E-state index in [9.17, 15) is 9.59 Å². The third kappa shape index (κ3) is 3.32. The molecule has 100 valence electrons. The maximum atomic E-state index is 11.9. The van der Waals surface area contributed by atoms with Crippen LogP contribution in [0.15, 0.2) is 67.3 Å². The molecule has 4 nitrogen and oxygen atoms in total. The van der Waals surface area contributed by atoms with E-state index in [4.69, 9.17) is 9.47 Å². The van der Waals surface area contributed by atoms with E-state index in [0.717, 1.165) is 6.08 Å². The van der Waals surface area contributed by atoms with Gasteiger partial charge in [-0.2, -0.15) is 0 Å². The molecule has 0 atom stereocenters. The Morgan fingerprint density at radius 3 is 2.00 bits per heavy atom. The fraction of sp³-hybridized carbons (Fsp3) is 0. The monoisotopic (exact) mass is 268 g/mol. The van der Waals surface area contributed by atoms with Gasteiger partial charge in [0.2, 0.25) is 0 Å². The summed E-state index contributed by atoms with van der Waals surface area (Å²) in [7, 11) is 0. The van der Waals surface area contributed by atoms with E-state index in [0.29, 0.717) is 5.56 Å². The second kappa shape index (κ2) is 6.33. The van der Waals surface area contributed by atoms with Crippen LogP contribution in [0.3, 0.4) is 0 Å². The van der Waals surface area contributed by atoms with Crippen LogP contribution in [0.5, 0.6) is 11.5 Å². The van der Waals surface area contributed by atoms with Gasteiger partial charge < -0.3 is 9.47 Å². The number of hydrogen-bond acceptors (Lipinski definition) is 4. The fourth-order valence-electron chi connectivity index (χ4n) is 1.50. The topological polar surface area (TPSA) is 52.6 Å². The van der Waals surface area contributed by atoms with Gasteiger partial charge in [0.25, 0.3) is 0 Å². The second-order valence-corrected chi connectivity index (χ2v) is 3.83. The highest BCUT2D eigenvalue weighted by atomic mass is 16.6. The lowest BCUT2D eigenvalue weighted by Crippen LogP contribution is -2.10. The zero-order valence-corrected chi connectivity index (χ0v) is 10.6. The molecule has 20 heavy (non-hydrogen) atoms. The van der Waals surface area contributed by atoms with Crippen molar-refractivity contribution in [3.05, 3.63) is 72.8 Å². The number of esters is 2. The van der Waals surface area contributed by atoms with Gasteiger partial charge >= 0.3 is 11.9 Å². The van der Waals surface area contributed by atoms with Crippen molar-refractivity contribution in [2.24, 2.45) is 0 Å². The summed E-state index contributed by atoms with van der Waals surface area (Å²) >= 11 is 0. The van der Waals surface area contributed by atoms with E-state index in [2.05, 4.69) is 6.58 Å². The molecule has 0 aliphatic carbocycles. The lowest BCUT2D eigenvalue weighted by Gasteiger charge is -2.09. The van der Waals surface area contributed by atoms with E-state index in [-0.39, 0.29) is 11.5 Å². The van der Waals surface area contributed by atoms with Crippen LogP contribution in [0.1, 0.15) is 10.4 Å². The summed E-state index contributed by atoms with van der Waals surface area (Å²) in [6, 6.07) is 15.0. The summed E-state index contributed by atoms with van der Waals surface area (Å²) in [5.41, 5.74) is 0.414. The minimum absolute atomic E-state index is 0.168. The van der Waals surface area contributed by atoms with Crippen molar-refractivity contribution in [3.8, 4) is 11.5 Å². The van der Waals surface area contributed by atoms with Crippen molar-refractivity contribution in [2.75, 3.05) is 0 Å². The van der Waals surface area contributed by atoms with Crippen molar-refractivity contribution < 1.29 is 19.1 Å². The molecule has 0 radical (unpaired) electrons. The highest BCUT2D eigenvalue weighted by Gasteiger charge is 2.13. The van der Waals surface area contributed by atoms with Crippen LogP contribution in [0, 0.1) is 0 Å². The third-order valence-corrected chi connectivity index (χ3v) is 2.44. The molecule has 0 saturated heterocycles. The number of carbonyl (C=O) groups excluding carboxylic acids is 2. The average Bonchev–Trinajstić information content (AvgIpc) is 2.50. The van der Waals surface area contributed by atoms with E-state index in [1.54, 1.807) is 48.5 Å². The molecule has 0 bridgehead atoms. The first kappa shape index (κ1) is 13.5. The smallest absolute Gasteiger partial charge is 0.343 e. The Kier molecular flexibility index (Phi) is 4.29. The Morgan fingerprint density at radius 1 is 0.850 bits per heavy atom. The standard InChI is InChI=1S/C16H12O4/c1-2-15(17)19-13-10-6-7-11-14(13)20-16(18)12-8-4-3-5-9-12/h2-11H,1H2. The molecular weight excluding hydrogens is 256 g/mol. The van der Waals surface area contributed by atoms with Gasteiger partial charge in [0.05, 0.1) is 5.56 Å². The zero-order chi connectivity index (χ0) is 14.4. The van der Waals surface area contributed by atoms with Crippen molar-refractivity contribution in [2.45, 2.75) is 0 Å². The molecule has 0 N–H and O–H groups in total. The predicted octanol–water partition coefficient (Wildman–Crippen LogP) is 3.00. The predicted molar refractivity (Wildman–Crippen MR) is 73.7 cm³/mol. The van der Waals surface area contributed by atoms with Crippen LogP contribution in [0.25, 0.3) is 0 Å². The first-order chi connectivity index (χ1) is 9.70. The highest BCUT2D eigenvalue weighted by molar-refractivity contribution is 5.91. The van der Waals surface area contributed by atoms with Gasteiger partial charge in [0.15, 0.2) is 11.5 Å². The molecular formula is C16H12O4. The normalized spacial score (nSPS) is 9.60. The Hall–Kier alpha value is -2.88. The molecule has 0 fully saturated rings. The molecule has 0 aliphatic rings. The van der Waals surface area contributed by atoms with Crippen molar-refractivity contribution in [1.82, 2.24) is 0 Å². The van der Waals surface area contributed by atoms with Crippen LogP contribution in [-0.2, 0) is 4.79 Å². The van der Waals surface area contributed by atoms with Crippen LogP contribution in [-0.4, -0.2) is 11.9 Å². The Morgan fingerprint density at radius 2 is 1.40 bits per heavy atom. The van der Waals surface area contributed by atoms with Crippen LogP contribution >= 0.6 is 0 Å². The lowest BCUT2D eigenvalue weighted by atomic mass is 10.2. The third-order valence-electron chi connectivity index (χ3n) is 2.44. The summed E-state index contributed by atoms with van der Waals surface area (Å²) in [5.74, 6) is -0.792. The number of rotatable bonds is 4. The van der Waals surface area contributed by atoms with E-state index in [1.807, 2.05) is 0 Å². The Balaban J connectivity index is 2.19. The quantitative estimate of drug-likeness (QED) is 0.486. The van der Waals surface area contributed by atoms with Gasteiger partial charge in [-0.15, -0.1) is 0 Å². The van der Waals surface area contributed by atoms with E-state index < -0.39 is 11.9 Å². The molecule has 0 spiro atoms. The minimum atomic E-state index is -0.617. The summed E-state index contributed by atoms with van der Waals surface area (Å²) in [4.78, 5) is 23.1.